The second kappa shape index (κ2) is 5.13. The number of thiophene rings is 1. The van der Waals surface area contributed by atoms with Gasteiger partial charge in [0.1, 0.15) is 0 Å². The lowest BCUT2D eigenvalue weighted by Crippen LogP contribution is -2.09. The van der Waals surface area contributed by atoms with Crippen LogP contribution in [0.25, 0.3) is 10.6 Å². The highest BCUT2D eigenvalue weighted by molar-refractivity contribution is 7.13. The van der Waals surface area contributed by atoms with E-state index in [-0.39, 0.29) is 5.97 Å². The number of hydrogen-bond acceptors (Lipinski definition) is 4. The molecule has 0 unspecified atom stereocenters. The normalized spacial score (nSPS) is 14.4. The molecule has 19 heavy (non-hydrogen) atoms. The SMILES string of the molecule is CCOC(=O)c1ccc(-c2cccs2)nc1C1CC1. The Morgan fingerprint density at radius 1 is 1.42 bits per heavy atom. The number of pyridine rings is 1. The van der Waals surface area contributed by atoms with Crippen molar-refractivity contribution in [2.75, 3.05) is 6.61 Å². The summed E-state index contributed by atoms with van der Waals surface area (Å²) in [7, 11) is 0. The smallest absolute Gasteiger partial charge is 0.339 e. The number of ether oxygens (including phenoxy) is 1. The van der Waals surface area contributed by atoms with Crippen LogP contribution in [0.15, 0.2) is 29.6 Å². The van der Waals surface area contributed by atoms with Gasteiger partial charge in [-0.2, -0.15) is 0 Å². The van der Waals surface area contributed by atoms with Gasteiger partial charge in [-0.3, -0.25) is 4.98 Å². The highest BCUT2D eigenvalue weighted by Crippen LogP contribution is 2.41. The van der Waals surface area contributed by atoms with Crippen LogP contribution in [0.1, 0.15) is 41.7 Å². The minimum Gasteiger partial charge on any atom is -0.462 e. The molecule has 2 heterocycles. The molecule has 0 N–H and O–H groups in total. The first-order valence-electron chi connectivity index (χ1n) is 6.51. The number of nitrogens with zero attached hydrogens (tertiary/aromatic N) is 1. The molecule has 2 aromatic heterocycles. The first-order chi connectivity index (χ1) is 9.29. The van der Waals surface area contributed by atoms with Gasteiger partial charge in [0.15, 0.2) is 0 Å². The van der Waals surface area contributed by atoms with Crippen LogP contribution in [-0.2, 0) is 4.74 Å². The minimum absolute atomic E-state index is 0.255. The maximum Gasteiger partial charge on any atom is 0.339 e. The van der Waals surface area contributed by atoms with Crippen molar-refractivity contribution >= 4 is 17.3 Å². The second-order valence-corrected chi connectivity index (χ2v) is 5.55. The molecule has 1 saturated carbocycles. The molecule has 4 heteroatoms. The summed E-state index contributed by atoms with van der Waals surface area (Å²) in [6.45, 7) is 2.22. The lowest BCUT2D eigenvalue weighted by Gasteiger charge is -2.09. The Labute approximate surface area is 116 Å². The number of carbonyl (C=O) groups is 1. The monoisotopic (exact) mass is 273 g/mol. The first-order valence-corrected chi connectivity index (χ1v) is 7.39. The molecule has 0 radical (unpaired) electrons. The van der Waals surface area contributed by atoms with Crippen molar-refractivity contribution < 1.29 is 9.53 Å². The summed E-state index contributed by atoms with van der Waals surface area (Å²) in [5.41, 5.74) is 2.49. The molecule has 2 aromatic rings. The molecule has 0 amide bonds. The topological polar surface area (TPSA) is 39.2 Å². The quantitative estimate of drug-likeness (QED) is 0.794. The van der Waals surface area contributed by atoms with Crippen molar-refractivity contribution in [1.82, 2.24) is 4.98 Å². The number of carbonyl (C=O) groups excluding carboxylic acids is 1. The van der Waals surface area contributed by atoms with Crippen molar-refractivity contribution in [3.05, 3.63) is 40.9 Å². The molecule has 0 aromatic carbocycles. The van der Waals surface area contributed by atoms with Crippen LogP contribution in [0.4, 0.5) is 0 Å². The van der Waals surface area contributed by atoms with Gasteiger partial charge in [-0.15, -0.1) is 11.3 Å². The van der Waals surface area contributed by atoms with E-state index in [1.165, 1.54) is 0 Å². The van der Waals surface area contributed by atoms with Crippen LogP contribution in [0, 0.1) is 0 Å². The molecule has 0 saturated heterocycles. The zero-order chi connectivity index (χ0) is 13.2. The summed E-state index contributed by atoms with van der Waals surface area (Å²) in [6.07, 6.45) is 2.24. The highest BCUT2D eigenvalue weighted by Gasteiger charge is 2.30. The van der Waals surface area contributed by atoms with E-state index in [1.807, 2.05) is 36.6 Å². The van der Waals surface area contributed by atoms with Gasteiger partial charge in [-0.25, -0.2) is 4.79 Å². The lowest BCUT2D eigenvalue weighted by atomic mass is 10.1. The van der Waals surface area contributed by atoms with E-state index < -0.39 is 0 Å². The van der Waals surface area contributed by atoms with Crippen molar-refractivity contribution in [2.45, 2.75) is 25.7 Å². The van der Waals surface area contributed by atoms with E-state index >= 15 is 0 Å². The van der Waals surface area contributed by atoms with Crippen LogP contribution in [0.2, 0.25) is 0 Å². The third kappa shape index (κ3) is 2.54. The van der Waals surface area contributed by atoms with Gasteiger partial charge in [0.05, 0.1) is 28.4 Å². The number of aromatic nitrogens is 1. The Hall–Kier alpha value is -1.68. The zero-order valence-corrected chi connectivity index (χ0v) is 11.6. The molecule has 0 bridgehead atoms. The summed E-state index contributed by atoms with van der Waals surface area (Å²) < 4.78 is 5.10. The average Bonchev–Trinajstić information content (AvgIpc) is 3.13. The van der Waals surface area contributed by atoms with Crippen LogP contribution in [0.3, 0.4) is 0 Å². The van der Waals surface area contributed by atoms with Crippen molar-refractivity contribution in [1.29, 1.82) is 0 Å². The predicted octanol–water partition coefficient (Wildman–Crippen LogP) is 3.86. The fourth-order valence-corrected chi connectivity index (χ4v) is 2.78. The highest BCUT2D eigenvalue weighted by atomic mass is 32.1. The Morgan fingerprint density at radius 2 is 2.26 bits per heavy atom. The second-order valence-electron chi connectivity index (χ2n) is 4.60. The summed E-state index contributed by atoms with van der Waals surface area (Å²) in [6, 6.07) is 7.82. The van der Waals surface area contributed by atoms with E-state index in [9.17, 15) is 4.79 Å². The molecular weight excluding hydrogens is 258 g/mol. The van der Waals surface area contributed by atoms with E-state index in [0.29, 0.717) is 18.1 Å². The molecule has 1 fully saturated rings. The molecule has 1 aliphatic rings. The third-order valence-electron chi connectivity index (χ3n) is 3.16. The fourth-order valence-electron chi connectivity index (χ4n) is 2.09. The summed E-state index contributed by atoms with van der Waals surface area (Å²) in [5, 5.41) is 2.03. The summed E-state index contributed by atoms with van der Waals surface area (Å²) in [5.74, 6) is 0.175. The molecular formula is C15H15NO2S. The van der Waals surface area contributed by atoms with Gasteiger partial charge in [0.2, 0.25) is 0 Å². The van der Waals surface area contributed by atoms with E-state index in [1.54, 1.807) is 11.3 Å². The molecule has 1 aliphatic carbocycles. The van der Waals surface area contributed by atoms with E-state index in [4.69, 9.17) is 9.72 Å². The third-order valence-corrected chi connectivity index (χ3v) is 4.05. The molecule has 3 nitrogen and oxygen atoms in total. The van der Waals surface area contributed by atoms with Crippen LogP contribution < -0.4 is 0 Å². The van der Waals surface area contributed by atoms with Gasteiger partial charge in [-0.1, -0.05) is 6.07 Å². The molecule has 0 atom stereocenters. The standard InChI is InChI=1S/C15H15NO2S/c1-2-18-15(17)11-7-8-12(13-4-3-9-19-13)16-14(11)10-5-6-10/h3-4,7-10H,2,5-6H2,1H3. The Morgan fingerprint density at radius 3 is 2.89 bits per heavy atom. The van der Waals surface area contributed by atoms with Gasteiger partial charge >= 0.3 is 5.97 Å². The Balaban J connectivity index is 2.00. The van der Waals surface area contributed by atoms with Gasteiger partial charge in [0.25, 0.3) is 0 Å². The summed E-state index contributed by atoms with van der Waals surface area (Å²) >= 11 is 1.66. The zero-order valence-electron chi connectivity index (χ0n) is 10.8. The van der Waals surface area contributed by atoms with Crippen LogP contribution in [0.5, 0.6) is 0 Å². The number of esters is 1. The van der Waals surface area contributed by atoms with E-state index in [2.05, 4.69) is 0 Å². The van der Waals surface area contributed by atoms with E-state index in [0.717, 1.165) is 29.1 Å². The molecule has 98 valence electrons. The van der Waals surface area contributed by atoms with Gasteiger partial charge in [-0.05, 0) is 43.3 Å². The largest absolute Gasteiger partial charge is 0.462 e. The molecule has 0 aliphatic heterocycles. The number of rotatable bonds is 4. The minimum atomic E-state index is -0.255. The lowest BCUT2D eigenvalue weighted by molar-refractivity contribution is 0.0524. The average molecular weight is 273 g/mol. The Kier molecular flexibility index (Phi) is 3.34. The van der Waals surface area contributed by atoms with Crippen LogP contribution >= 0.6 is 11.3 Å². The predicted molar refractivity (Wildman–Crippen MR) is 75.5 cm³/mol. The van der Waals surface area contributed by atoms with Crippen molar-refractivity contribution in [2.24, 2.45) is 0 Å². The maximum atomic E-state index is 11.9. The van der Waals surface area contributed by atoms with Gasteiger partial charge < -0.3 is 4.74 Å². The van der Waals surface area contributed by atoms with Gasteiger partial charge in [0, 0.05) is 5.92 Å². The number of hydrogen-bond donors (Lipinski definition) is 0. The molecule has 0 spiro atoms. The fraction of sp³-hybridized carbons (Fsp3) is 0.333. The Bertz CT molecular complexity index is 588. The first kappa shape index (κ1) is 12.4. The molecule has 3 rings (SSSR count). The van der Waals surface area contributed by atoms with Crippen LogP contribution in [-0.4, -0.2) is 17.6 Å². The summed E-state index contributed by atoms with van der Waals surface area (Å²) in [4.78, 5) is 17.8. The maximum absolute atomic E-state index is 11.9. The van der Waals surface area contributed by atoms with Crippen molar-refractivity contribution in [3.8, 4) is 10.6 Å². The van der Waals surface area contributed by atoms with Crippen molar-refractivity contribution in [3.63, 3.8) is 0 Å².